The Hall–Kier alpha value is -0.760. The van der Waals surface area contributed by atoms with Gasteiger partial charge >= 0.3 is 0 Å². The number of hydrogen-bond donors (Lipinski definition) is 2. The molecule has 0 aliphatic carbocycles. The van der Waals surface area contributed by atoms with Crippen LogP contribution in [-0.2, 0) is 16.6 Å². The summed E-state index contributed by atoms with van der Waals surface area (Å²) < 4.78 is 32.5. The number of rotatable bonds is 10. The van der Waals surface area contributed by atoms with Crippen LogP contribution in [0.25, 0.3) is 0 Å². The van der Waals surface area contributed by atoms with Crippen molar-refractivity contribution in [2.45, 2.75) is 24.8 Å². The van der Waals surface area contributed by atoms with Crippen LogP contribution in [0.2, 0.25) is 0 Å². The zero-order chi connectivity index (χ0) is 15.7. The standard InChI is InChI=1S/C14H24N2O3S2/c1-4-7-15-11-12-5-6-13(19-2)14(10-12)21(17,18)16-8-9-20-3/h5-6,10,15-16H,4,7-9,11H2,1-3H3. The van der Waals surface area contributed by atoms with Gasteiger partial charge in [0.2, 0.25) is 10.0 Å². The number of ether oxygens (including phenoxy) is 1. The monoisotopic (exact) mass is 332 g/mol. The third-order valence-electron chi connectivity index (χ3n) is 2.87. The maximum Gasteiger partial charge on any atom is 0.244 e. The summed E-state index contributed by atoms with van der Waals surface area (Å²) >= 11 is 1.60. The zero-order valence-electron chi connectivity index (χ0n) is 12.8. The van der Waals surface area contributed by atoms with Crippen molar-refractivity contribution in [2.24, 2.45) is 0 Å². The van der Waals surface area contributed by atoms with Crippen molar-refractivity contribution in [3.05, 3.63) is 23.8 Å². The molecule has 120 valence electrons. The second kappa shape index (κ2) is 9.30. The van der Waals surface area contributed by atoms with Gasteiger partial charge in [0.15, 0.2) is 0 Å². The van der Waals surface area contributed by atoms with Crippen molar-refractivity contribution in [3.63, 3.8) is 0 Å². The number of sulfonamides is 1. The van der Waals surface area contributed by atoms with E-state index < -0.39 is 10.0 Å². The Bertz CT molecular complexity index is 533. The molecule has 0 aliphatic rings. The first kappa shape index (κ1) is 18.3. The average Bonchev–Trinajstić information content (AvgIpc) is 2.47. The Morgan fingerprint density at radius 1 is 1.29 bits per heavy atom. The van der Waals surface area contributed by atoms with Gasteiger partial charge in [-0.15, -0.1) is 0 Å². The van der Waals surface area contributed by atoms with Gasteiger partial charge in [0.05, 0.1) is 7.11 Å². The molecule has 0 amide bonds. The highest BCUT2D eigenvalue weighted by Crippen LogP contribution is 2.24. The number of methoxy groups -OCH3 is 1. The SMILES string of the molecule is CCCNCc1ccc(OC)c(S(=O)(=O)NCCSC)c1. The molecule has 0 heterocycles. The van der Waals surface area contributed by atoms with E-state index >= 15 is 0 Å². The van der Waals surface area contributed by atoms with E-state index in [1.54, 1.807) is 23.9 Å². The maximum atomic E-state index is 12.3. The summed E-state index contributed by atoms with van der Waals surface area (Å²) in [7, 11) is -2.07. The molecule has 0 atom stereocenters. The van der Waals surface area contributed by atoms with E-state index in [1.165, 1.54) is 7.11 Å². The predicted octanol–water partition coefficient (Wildman–Crippen LogP) is 1.84. The molecule has 0 aliphatic heterocycles. The van der Waals surface area contributed by atoms with E-state index in [0.717, 1.165) is 24.3 Å². The highest BCUT2D eigenvalue weighted by atomic mass is 32.2. The summed E-state index contributed by atoms with van der Waals surface area (Å²) in [4.78, 5) is 0.196. The first-order chi connectivity index (χ1) is 10.0. The Morgan fingerprint density at radius 2 is 2.05 bits per heavy atom. The lowest BCUT2D eigenvalue weighted by Crippen LogP contribution is -2.26. The van der Waals surface area contributed by atoms with Gasteiger partial charge in [0.1, 0.15) is 10.6 Å². The number of nitrogens with one attached hydrogen (secondary N) is 2. The molecule has 0 saturated carbocycles. The van der Waals surface area contributed by atoms with Crippen molar-refractivity contribution in [1.82, 2.24) is 10.0 Å². The third kappa shape index (κ3) is 5.86. The van der Waals surface area contributed by atoms with Crippen LogP contribution < -0.4 is 14.8 Å². The third-order valence-corrected chi connectivity index (χ3v) is 4.97. The van der Waals surface area contributed by atoms with Gasteiger partial charge in [-0.1, -0.05) is 13.0 Å². The smallest absolute Gasteiger partial charge is 0.244 e. The van der Waals surface area contributed by atoms with Crippen LogP contribution in [0.5, 0.6) is 5.75 Å². The molecule has 0 spiro atoms. The second-order valence-corrected chi connectivity index (χ2v) is 7.27. The Balaban J connectivity index is 2.93. The maximum absolute atomic E-state index is 12.3. The minimum Gasteiger partial charge on any atom is -0.495 e. The predicted molar refractivity (Wildman–Crippen MR) is 88.6 cm³/mol. The molecule has 21 heavy (non-hydrogen) atoms. The van der Waals surface area contributed by atoms with Crippen LogP contribution in [0.4, 0.5) is 0 Å². The van der Waals surface area contributed by atoms with Crippen molar-refractivity contribution < 1.29 is 13.2 Å². The average molecular weight is 332 g/mol. The van der Waals surface area contributed by atoms with E-state index in [-0.39, 0.29) is 4.90 Å². The lowest BCUT2D eigenvalue weighted by Gasteiger charge is -2.12. The molecule has 1 aromatic rings. The van der Waals surface area contributed by atoms with Gasteiger partial charge in [0, 0.05) is 18.8 Å². The molecule has 1 rings (SSSR count). The Labute approximate surface area is 131 Å². The molecular weight excluding hydrogens is 308 g/mol. The number of hydrogen-bond acceptors (Lipinski definition) is 5. The summed E-state index contributed by atoms with van der Waals surface area (Å²) in [6.07, 6.45) is 2.98. The van der Waals surface area contributed by atoms with Crippen LogP contribution in [0.15, 0.2) is 23.1 Å². The minimum atomic E-state index is -3.54. The largest absolute Gasteiger partial charge is 0.495 e. The lowest BCUT2D eigenvalue weighted by atomic mass is 10.2. The van der Waals surface area contributed by atoms with E-state index in [1.807, 2.05) is 12.3 Å². The van der Waals surface area contributed by atoms with E-state index in [9.17, 15) is 8.42 Å². The van der Waals surface area contributed by atoms with Gasteiger partial charge < -0.3 is 10.1 Å². The van der Waals surface area contributed by atoms with Crippen LogP contribution in [0.3, 0.4) is 0 Å². The Morgan fingerprint density at radius 3 is 2.67 bits per heavy atom. The summed E-state index contributed by atoms with van der Waals surface area (Å²) in [5.41, 5.74) is 0.925. The van der Waals surface area contributed by atoms with Crippen LogP contribution in [-0.4, -0.2) is 40.6 Å². The normalized spacial score (nSPS) is 11.6. The van der Waals surface area contributed by atoms with Crippen molar-refractivity contribution >= 4 is 21.8 Å². The van der Waals surface area contributed by atoms with Gasteiger partial charge in [0.25, 0.3) is 0 Å². The minimum absolute atomic E-state index is 0.196. The van der Waals surface area contributed by atoms with Gasteiger partial charge in [-0.2, -0.15) is 11.8 Å². The summed E-state index contributed by atoms with van der Waals surface area (Å²) in [5.74, 6) is 1.10. The van der Waals surface area contributed by atoms with E-state index in [4.69, 9.17) is 4.74 Å². The van der Waals surface area contributed by atoms with Crippen LogP contribution in [0.1, 0.15) is 18.9 Å². The Kier molecular flexibility index (Phi) is 8.10. The molecule has 0 radical (unpaired) electrons. The van der Waals surface area contributed by atoms with Gasteiger partial charge in [-0.25, -0.2) is 13.1 Å². The van der Waals surface area contributed by atoms with Crippen LogP contribution >= 0.6 is 11.8 Å². The fourth-order valence-corrected chi connectivity index (χ4v) is 3.49. The van der Waals surface area contributed by atoms with Crippen LogP contribution in [0, 0.1) is 0 Å². The van der Waals surface area contributed by atoms with E-state index in [0.29, 0.717) is 18.8 Å². The quantitative estimate of drug-likeness (QED) is 0.640. The summed E-state index contributed by atoms with van der Waals surface area (Å²) in [6, 6.07) is 5.25. The van der Waals surface area contributed by atoms with Crippen molar-refractivity contribution in [1.29, 1.82) is 0 Å². The molecule has 5 nitrogen and oxygen atoms in total. The summed E-state index contributed by atoms with van der Waals surface area (Å²) in [6.45, 7) is 4.04. The molecule has 0 unspecified atom stereocenters. The zero-order valence-corrected chi connectivity index (χ0v) is 14.4. The molecule has 0 bridgehead atoms. The summed E-state index contributed by atoms with van der Waals surface area (Å²) in [5, 5.41) is 3.26. The van der Waals surface area contributed by atoms with Gasteiger partial charge in [-0.05, 0) is 36.9 Å². The first-order valence-electron chi connectivity index (χ1n) is 6.91. The fourth-order valence-electron chi connectivity index (χ4n) is 1.81. The van der Waals surface area contributed by atoms with Gasteiger partial charge in [-0.3, -0.25) is 0 Å². The first-order valence-corrected chi connectivity index (χ1v) is 9.79. The fraction of sp³-hybridized carbons (Fsp3) is 0.571. The highest BCUT2D eigenvalue weighted by Gasteiger charge is 2.19. The molecule has 1 aromatic carbocycles. The molecule has 0 fully saturated rings. The van der Waals surface area contributed by atoms with Crippen molar-refractivity contribution in [3.8, 4) is 5.75 Å². The highest BCUT2D eigenvalue weighted by molar-refractivity contribution is 7.98. The second-order valence-electron chi connectivity index (χ2n) is 4.55. The number of thioether (sulfide) groups is 1. The number of benzene rings is 1. The van der Waals surface area contributed by atoms with Crippen molar-refractivity contribution in [2.75, 3.05) is 32.2 Å². The molecule has 0 saturated heterocycles. The molecule has 7 heteroatoms. The van der Waals surface area contributed by atoms with E-state index in [2.05, 4.69) is 17.0 Å². The molecule has 2 N–H and O–H groups in total. The molecule has 0 aromatic heterocycles. The lowest BCUT2D eigenvalue weighted by molar-refractivity contribution is 0.402. The molecular formula is C14H24N2O3S2. The topological polar surface area (TPSA) is 67.4 Å².